The Kier molecular flexibility index (Phi) is 6.93. The number of hydrogen-bond donors (Lipinski definition) is 0. The molecule has 0 saturated carbocycles. The van der Waals surface area contributed by atoms with Crippen LogP contribution in [0.5, 0.6) is 5.75 Å². The highest BCUT2D eigenvalue weighted by Gasteiger charge is 2.25. The van der Waals surface area contributed by atoms with Gasteiger partial charge in [0.1, 0.15) is 5.75 Å². The van der Waals surface area contributed by atoms with Crippen molar-refractivity contribution in [1.29, 1.82) is 0 Å². The fourth-order valence-electron chi connectivity index (χ4n) is 3.25. The lowest BCUT2D eigenvalue weighted by Gasteiger charge is -2.35. The van der Waals surface area contributed by atoms with Gasteiger partial charge in [0, 0.05) is 32.6 Å². The average molecular weight is 401 g/mol. The molecular weight excluding hydrogens is 376 g/mol. The first-order chi connectivity index (χ1) is 13.6. The van der Waals surface area contributed by atoms with Gasteiger partial charge in [0.15, 0.2) is 0 Å². The second kappa shape index (κ2) is 9.60. The van der Waals surface area contributed by atoms with E-state index in [2.05, 4.69) is 0 Å². The highest BCUT2D eigenvalue weighted by molar-refractivity contribution is 6.33. The molecule has 1 saturated heterocycles. The van der Waals surface area contributed by atoms with Crippen LogP contribution in [0.1, 0.15) is 28.8 Å². The Labute approximate surface area is 170 Å². The zero-order valence-corrected chi connectivity index (χ0v) is 16.8. The number of carbonyl (C=O) groups is 2. The van der Waals surface area contributed by atoms with Gasteiger partial charge in [-0.15, -0.1) is 0 Å². The summed E-state index contributed by atoms with van der Waals surface area (Å²) < 4.78 is 5.75. The fourth-order valence-corrected chi connectivity index (χ4v) is 3.46. The van der Waals surface area contributed by atoms with Gasteiger partial charge >= 0.3 is 0 Å². The summed E-state index contributed by atoms with van der Waals surface area (Å²) >= 11 is 6.12. The second-order valence-electron chi connectivity index (χ2n) is 6.87. The number of rotatable bonds is 6. The lowest BCUT2D eigenvalue weighted by molar-refractivity contribution is -0.132. The molecule has 1 fully saturated rings. The Morgan fingerprint density at radius 1 is 0.964 bits per heavy atom. The van der Waals surface area contributed by atoms with Crippen molar-refractivity contribution in [2.45, 2.75) is 19.8 Å². The first-order valence-corrected chi connectivity index (χ1v) is 9.94. The van der Waals surface area contributed by atoms with Crippen LogP contribution in [0.15, 0.2) is 48.5 Å². The van der Waals surface area contributed by atoms with Crippen LogP contribution in [0.4, 0.5) is 0 Å². The third kappa shape index (κ3) is 5.04. The highest BCUT2D eigenvalue weighted by Crippen LogP contribution is 2.19. The van der Waals surface area contributed by atoms with Crippen LogP contribution in [0.25, 0.3) is 0 Å². The molecule has 0 radical (unpaired) electrons. The number of benzene rings is 2. The average Bonchev–Trinajstić information content (AvgIpc) is 2.72. The minimum Gasteiger partial charge on any atom is -0.493 e. The van der Waals surface area contributed by atoms with Gasteiger partial charge in [-0.2, -0.15) is 0 Å². The Morgan fingerprint density at radius 3 is 2.32 bits per heavy atom. The van der Waals surface area contributed by atoms with Crippen LogP contribution in [0, 0.1) is 6.92 Å². The van der Waals surface area contributed by atoms with E-state index in [0.717, 1.165) is 11.3 Å². The lowest BCUT2D eigenvalue weighted by atomic mass is 10.1. The molecule has 1 aliphatic heterocycles. The first-order valence-electron chi connectivity index (χ1n) is 9.56. The fraction of sp³-hybridized carbons (Fsp3) is 0.364. The maximum Gasteiger partial charge on any atom is 0.255 e. The van der Waals surface area contributed by atoms with Crippen molar-refractivity contribution < 1.29 is 14.3 Å². The van der Waals surface area contributed by atoms with Gasteiger partial charge in [0.05, 0.1) is 17.2 Å². The van der Waals surface area contributed by atoms with Crippen molar-refractivity contribution in [3.63, 3.8) is 0 Å². The quantitative estimate of drug-likeness (QED) is 0.693. The third-order valence-corrected chi connectivity index (χ3v) is 5.24. The molecule has 0 atom stereocenters. The van der Waals surface area contributed by atoms with Crippen LogP contribution in [0.2, 0.25) is 5.02 Å². The summed E-state index contributed by atoms with van der Waals surface area (Å²) in [6.07, 6.45) is 1.12. The van der Waals surface area contributed by atoms with E-state index in [1.807, 2.05) is 36.1 Å². The summed E-state index contributed by atoms with van der Waals surface area (Å²) in [6, 6.07) is 14.9. The lowest BCUT2D eigenvalue weighted by Crippen LogP contribution is -2.50. The van der Waals surface area contributed by atoms with Crippen LogP contribution < -0.4 is 4.74 Å². The monoisotopic (exact) mass is 400 g/mol. The number of ether oxygens (including phenoxy) is 1. The molecule has 0 N–H and O–H groups in total. The topological polar surface area (TPSA) is 49.9 Å². The minimum atomic E-state index is -0.0793. The molecule has 148 valence electrons. The van der Waals surface area contributed by atoms with Gasteiger partial charge in [0.25, 0.3) is 5.91 Å². The summed E-state index contributed by atoms with van der Waals surface area (Å²) in [5.41, 5.74) is 1.60. The number of hydrogen-bond acceptors (Lipinski definition) is 3. The number of halogens is 1. The SMILES string of the molecule is Cc1ccccc1OCCCC(=O)N1CCN(C(=O)c2ccccc2Cl)CC1. The molecule has 2 aromatic carbocycles. The molecule has 1 heterocycles. The van der Waals surface area contributed by atoms with Crippen molar-refractivity contribution in [2.75, 3.05) is 32.8 Å². The second-order valence-corrected chi connectivity index (χ2v) is 7.28. The molecule has 0 bridgehead atoms. The number of para-hydroxylation sites is 1. The molecule has 2 amide bonds. The molecule has 5 nitrogen and oxygen atoms in total. The molecule has 6 heteroatoms. The largest absolute Gasteiger partial charge is 0.493 e. The summed E-state index contributed by atoms with van der Waals surface area (Å²) in [5, 5.41) is 0.458. The van der Waals surface area contributed by atoms with Gasteiger partial charge in [-0.1, -0.05) is 41.9 Å². The van der Waals surface area contributed by atoms with Crippen LogP contribution >= 0.6 is 11.6 Å². The van der Waals surface area contributed by atoms with Crippen LogP contribution in [-0.2, 0) is 4.79 Å². The van der Waals surface area contributed by atoms with Crippen LogP contribution in [-0.4, -0.2) is 54.4 Å². The van der Waals surface area contributed by atoms with Crippen LogP contribution in [0.3, 0.4) is 0 Å². The Bertz CT molecular complexity index is 832. The summed E-state index contributed by atoms with van der Waals surface area (Å²) in [5.74, 6) is 0.893. The van der Waals surface area contributed by atoms with E-state index in [1.165, 1.54) is 0 Å². The van der Waals surface area contributed by atoms with E-state index < -0.39 is 0 Å². The molecule has 3 rings (SSSR count). The van der Waals surface area contributed by atoms with E-state index in [0.29, 0.717) is 56.2 Å². The number of aryl methyl sites for hydroxylation is 1. The van der Waals surface area contributed by atoms with E-state index in [-0.39, 0.29) is 11.8 Å². The summed E-state index contributed by atoms with van der Waals surface area (Å²) in [4.78, 5) is 28.6. The molecule has 0 unspecified atom stereocenters. The maximum atomic E-state index is 12.6. The standard InChI is InChI=1S/C22H25ClN2O3/c1-17-7-2-5-10-20(17)28-16-6-11-21(26)24-12-14-25(15-13-24)22(27)18-8-3-4-9-19(18)23/h2-5,7-10H,6,11-16H2,1H3. The number of amides is 2. The van der Waals surface area contributed by atoms with E-state index in [4.69, 9.17) is 16.3 Å². The normalized spacial score (nSPS) is 14.1. The summed E-state index contributed by atoms with van der Waals surface area (Å²) in [7, 11) is 0. The Morgan fingerprint density at radius 2 is 1.61 bits per heavy atom. The zero-order chi connectivity index (χ0) is 19.9. The molecule has 0 spiro atoms. The number of piperazine rings is 1. The van der Waals surface area contributed by atoms with E-state index >= 15 is 0 Å². The number of nitrogens with zero attached hydrogens (tertiary/aromatic N) is 2. The van der Waals surface area contributed by atoms with Crippen molar-refractivity contribution in [3.8, 4) is 5.75 Å². The molecule has 1 aliphatic rings. The van der Waals surface area contributed by atoms with Gasteiger partial charge in [0.2, 0.25) is 5.91 Å². The smallest absolute Gasteiger partial charge is 0.255 e. The van der Waals surface area contributed by atoms with Crippen molar-refractivity contribution in [1.82, 2.24) is 9.80 Å². The first kappa shape index (κ1) is 20.2. The van der Waals surface area contributed by atoms with Gasteiger partial charge in [-0.3, -0.25) is 9.59 Å². The van der Waals surface area contributed by atoms with E-state index in [9.17, 15) is 9.59 Å². The van der Waals surface area contributed by atoms with Gasteiger partial charge in [-0.25, -0.2) is 0 Å². The summed E-state index contributed by atoms with van der Waals surface area (Å²) in [6.45, 7) is 4.66. The van der Waals surface area contributed by atoms with Crippen molar-refractivity contribution in [3.05, 3.63) is 64.7 Å². The van der Waals surface area contributed by atoms with Crippen molar-refractivity contribution in [2.24, 2.45) is 0 Å². The zero-order valence-electron chi connectivity index (χ0n) is 16.1. The van der Waals surface area contributed by atoms with E-state index in [1.54, 1.807) is 29.2 Å². The molecule has 0 aromatic heterocycles. The molecule has 28 heavy (non-hydrogen) atoms. The van der Waals surface area contributed by atoms with Crippen molar-refractivity contribution >= 4 is 23.4 Å². The molecular formula is C22H25ClN2O3. The Balaban J connectivity index is 1.41. The van der Waals surface area contributed by atoms with Gasteiger partial charge < -0.3 is 14.5 Å². The minimum absolute atomic E-state index is 0.0793. The molecule has 0 aliphatic carbocycles. The highest BCUT2D eigenvalue weighted by atomic mass is 35.5. The van der Waals surface area contributed by atoms with Gasteiger partial charge in [-0.05, 0) is 37.1 Å². The third-order valence-electron chi connectivity index (χ3n) is 4.91. The Hall–Kier alpha value is -2.53. The predicted octanol–water partition coefficient (Wildman–Crippen LogP) is 3.79. The maximum absolute atomic E-state index is 12.6. The predicted molar refractivity (Wildman–Crippen MR) is 110 cm³/mol. The molecule has 2 aromatic rings. The number of carbonyl (C=O) groups excluding carboxylic acids is 2.